The number of hydrogen-bond acceptors (Lipinski definition) is 3. The Bertz CT molecular complexity index is 692. The van der Waals surface area contributed by atoms with Crippen LogP contribution in [0.2, 0.25) is 5.02 Å². The van der Waals surface area contributed by atoms with E-state index in [1.165, 1.54) is 11.1 Å². The molecule has 1 aliphatic heterocycles. The summed E-state index contributed by atoms with van der Waals surface area (Å²) in [6, 6.07) is 14.5. The van der Waals surface area contributed by atoms with Crippen LogP contribution >= 0.6 is 11.6 Å². The van der Waals surface area contributed by atoms with Crippen LogP contribution in [-0.2, 0) is 0 Å². The van der Waals surface area contributed by atoms with Crippen molar-refractivity contribution in [1.29, 1.82) is 0 Å². The lowest BCUT2D eigenvalue weighted by Gasteiger charge is -2.28. The Morgan fingerprint density at radius 2 is 1.86 bits per heavy atom. The Labute approximate surface area is 130 Å². The summed E-state index contributed by atoms with van der Waals surface area (Å²) in [4.78, 5) is 6.52. The van der Waals surface area contributed by atoms with Crippen LogP contribution < -0.4 is 10.6 Å². The number of halogens is 1. The van der Waals surface area contributed by atoms with Gasteiger partial charge in [0.1, 0.15) is 0 Å². The summed E-state index contributed by atoms with van der Waals surface area (Å²) in [7, 11) is 0. The average molecular weight is 300 g/mol. The Morgan fingerprint density at radius 1 is 1.14 bits per heavy atom. The normalized spacial score (nSPS) is 18.0. The van der Waals surface area contributed by atoms with Gasteiger partial charge < -0.3 is 10.6 Å². The molecule has 2 aromatic rings. The summed E-state index contributed by atoms with van der Waals surface area (Å²) in [6.07, 6.45) is 0. The van der Waals surface area contributed by atoms with Crippen molar-refractivity contribution in [2.24, 2.45) is 10.7 Å². The summed E-state index contributed by atoms with van der Waals surface area (Å²) in [5.41, 5.74) is 10.8. The molecule has 0 fully saturated rings. The predicted octanol–water partition coefficient (Wildman–Crippen LogP) is 3.83. The largest absolute Gasteiger partial charge is 0.369 e. The maximum absolute atomic E-state index is 6.11. The minimum atomic E-state index is 0.130. The highest BCUT2D eigenvalue weighted by molar-refractivity contribution is 6.30. The van der Waals surface area contributed by atoms with Gasteiger partial charge in [0, 0.05) is 10.7 Å². The predicted molar refractivity (Wildman–Crippen MR) is 89.1 cm³/mol. The van der Waals surface area contributed by atoms with E-state index in [1.807, 2.05) is 12.1 Å². The maximum atomic E-state index is 6.11. The SMILES string of the molecule is Cc1ccc(N2C(N)=NCC2c2ccc(Cl)cc2C)cc1. The molecular formula is C17H18ClN3. The van der Waals surface area contributed by atoms with Crippen LogP contribution in [0.4, 0.5) is 5.69 Å². The van der Waals surface area contributed by atoms with Crippen LogP contribution in [-0.4, -0.2) is 12.5 Å². The van der Waals surface area contributed by atoms with E-state index in [-0.39, 0.29) is 6.04 Å². The molecule has 1 aliphatic rings. The summed E-state index contributed by atoms with van der Waals surface area (Å²) in [5.74, 6) is 0.568. The first-order valence-electron chi connectivity index (χ1n) is 6.98. The fraction of sp³-hybridized carbons (Fsp3) is 0.235. The van der Waals surface area contributed by atoms with Crippen LogP contribution in [0.15, 0.2) is 47.5 Å². The van der Waals surface area contributed by atoms with Crippen molar-refractivity contribution in [3.8, 4) is 0 Å². The summed E-state index contributed by atoms with van der Waals surface area (Å²) < 4.78 is 0. The van der Waals surface area contributed by atoms with Gasteiger partial charge in [-0.15, -0.1) is 0 Å². The second kappa shape index (κ2) is 5.41. The van der Waals surface area contributed by atoms with Crippen LogP contribution in [0.1, 0.15) is 22.7 Å². The van der Waals surface area contributed by atoms with E-state index in [0.717, 1.165) is 16.3 Å². The zero-order chi connectivity index (χ0) is 15.0. The van der Waals surface area contributed by atoms with E-state index in [9.17, 15) is 0 Å². The number of nitrogens with two attached hydrogens (primary N) is 1. The topological polar surface area (TPSA) is 41.6 Å². The average Bonchev–Trinajstić information content (AvgIpc) is 2.82. The Hall–Kier alpha value is -2.00. The highest BCUT2D eigenvalue weighted by atomic mass is 35.5. The highest BCUT2D eigenvalue weighted by Gasteiger charge is 2.29. The minimum Gasteiger partial charge on any atom is -0.369 e. The van der Waals surface area contributed by atoms with Crippen molar-refractivity contribution in [3.63, 3.8) is 0 Å². The second-order valence-electron chi connectivity index (χ2n) is 5.42. The van der Waals surface area contributed by atoms with E-state index in [1.54, 1.807) is 0 Å². The number of rotatable bonds is 2. The molecule has 0 aromatic heterocycles. The molecule has 108 valence electrons. The third kappa shape index (κ3) is 2.61. The van der Waals surface area contributed by atoms with Gasteiger partial charge in [0.25, 0.3) is 0 Å². The zero-order valence-corrected chi connectivity index (χ0v) is 12.9. The molecule has 0 bridgehead atoms. The van der Waals surface area contributed by atoms with E-state index < -0.39 is 0 Å². The number of benzene rings is 2. The van der Waals surface area contributed by atoms with Crippen molar-refractivity contribution in [2.45, 2.75) is 19.9 Å². The van der Waals surface area contributed by atoms with Crippen molar-refractivity contribution in [2.75, 3.05) is 11.4 Å². The molecule has 4 heteroatoms. The first-order chi connectivity index (χ1) is 10.1. The standard InChI is InChI=1S/C17H18ClN3/c1-11-3-6-14(7-4-11)21-16(10-20-17(21)19)15-8-5-13(18)9-12(15)2/h3-9,16H,10H2,1-2H3,(H2,19,20). The Kier molecular flexibility index (Phi) is 3.60. The molecule has 1 heterocycles. The monoisotopic (exact) mass is 299 g/mol. The Morgan fingerprint density at radius 3 is 2.52 bits per heavy atom. The number of aliphatic imine (C=N–C) groups is 1. The van der Waals surface area contributed by atoms with Crippen molar-refractivity contribution in [1.82, 2.24) is 0 Å². The molecule has 1 unspecified atom stereocenters. The van der Waals surface area contributed by atoms with Gasteiger partial charge in [-0.1, -0.05) is 35.4 Å². The number of hydrogen-bond donors (Lipinski definition) is 1. The second-order valence-corrected chi connectivity index (χ2v) is 5.86. The van der Waals surface area contributed by atoms with Gasteiger partial charge >= 0.3 is 0 Å². The van der Waals surface area contributed by atoms with Gasteiger partial charge in [0.05, 0.1) is 12.6 Å². The fourth-order valence-corrected chi connectivity index (χ4v) is 2.99. The third-order valence-electron chi connectivity index (χ3n) is 3.89. The number of aryl methyl sites for hydroxylation is 2. The lowest BCUT2D eigenvalue weighted by atomic mass is 10.00. The molecule has 21 heavy (non-hydrogen) atoms. The van der Waals surface area contributed by atoms with Gasteiger partial charge in [-0.25, -0.2) is 0 Å². The molecule has 1 atom stereocenters. The van der Waals surface area contributed by atoms with E-state index in [4.69, 9.17) is 17.3 Å². The third-order valence-corrected chi connectivity index (χ3v) is 4.12. The molecule has 2 aromatic carbocycles. The molecule has 2 N–H and O–H groups in total. The lowest BCUT2D eigenvalue weighted by molar-refractivity contribution is 0.762. The van der Waals surface area contributed by atoms with E-state index in [2.05, 4.69) is 54.1 Å². The van der Waals surface area contributed by atoms with Gasteiger partial charge in [-0.05, 0) is 49.2 Å². The molecule has 0 saturated heterocycles. The zero-order valence-electron chi connectivity index (χ0n) is 12.2. The molecule has 0 aliphatic carbocycles. The fourth-order valence-electron chi connectivity index (χ4n) is 2.77. The van der Waals surface area contributed by atoms with Gasteiger partial charge in [0.2, 0.25) is 0 Å². The molecular weight excluding hydrogens is 282 g/mol. The first-order valence-corrected chi connectivity index (χ1v) is 7.36. The van der Waals surface area contributed by atoms with E-state index in [0.29, 0.717) is 12.5 Å². The molecule has 0 spiro atoms. The lowest BCUT2D eigenvalue weighted by Crippen LogP contribution is -2.36. The molecule has 0 radical (unpaired) electrons. The van der Waals surface area contributed by atoms with Crippen LogP contribution in [0.3, 0.4) is 0 Å². The number of nitrogens with zero attached hydrogens (tertiary/aromatic N) is 2. The van der Waals surface area contributed by atoms with E-state index >= 15 is 0 Å². The van der Waals surface area contributed by atoms with Crippen LogP contribution in [0, 0.1) is 13.8 Å². The minimum absolute atomic E-state index is 0.130. The molecule has 0 saturated carbocycles. The quantitative estimate of drug-likeness (QED) is 0.915. The number of guanidine groups is 1. The molecule has 3 nitrogen and oxygen atoms in total. The van der Waals surface area contributed by atoms with Crippen molar-refractivity contribution < 1.29 is 0 Å². The highest BCUT2D eigenvalue weighted by Crippen LogP contribution is 2.33. The Balaban J connectivity index is 2.00. The summed E-state index contributed by atoms with van der Waals surface area (Å²) in [5, 5.41) is 0.755. The van der Waals surface area contributed by atoms with Crippen molar-refractivity contribution >= 4 is 23.2 Å². The van der Waals surface area contributed by atoms with Crippen molar-refractivity contribution in [3.05, 3.63) is 64.2 Å². The summed E-state index contributed by atoms with van der Waals surface area (Å²) in [6.45, 7) is 4.82. The first kappa shape index (κ1) is 14.0. The maximum Gasteiger partial charge on any atom is 0.196 e. The smallest absolute Gasteiger partial charge is 0.196 e. The molecule has 3 rings (SSSR count). The van der Waals surface area contributed by atoms with Gasteiger partial charge in [-0.3, -0.25) is 4.99 Å². The van der Waals surface area contributed by atoms with Crippen LogP contribution in [0.5, 0.6) is 0 Å². The van der Waals surface area contributed by atoms with Gasteiger partial charge in [-0.2, -0.15) is 0 Å². The summed E-state index contributed by atoms with van der Waals surface area (Å²) >= 11 is 6.06. The molecule has 0 amide bonds. The van der Waals surface area contributed by atoms with Crippen LogP contribution in [0.25, 0.3) is 0 Å². The number of anilines is 1. The van der Waals surface area contributed by atoms with Gasteiger partial charge in [0.15, 0.2) is 5.96 Å².